The van der Waals surface area contributed by atoms with Gasteiger partial charge in [-0.05, 0) is 30.7 Å². The van der Waals surface area contributed by atoms with E-state index >= 15 is 0 Å². The summed E-state index contributed by atoms with van der Waals surface area (Å²) in [6.07, 6.45) is 0. The van der Waals surface area contributed by atoms with Crippen molar-refractivity contribution >= 4 is 23.5 Å². The average Bonchev–Trinajstić information content (AvgIpc) is 2.87. The summed E-state index contributed by atoms with van der Waals surface area (Å²) in [5, 5.41) is 9.52. The third-order valence-electron chi connectivity index (χ3n) is 3.08. The number of halogens is 1. The molecule has 1 heterocycles. The SMILES string of the molecule is CC(c1ccc(Cl)cc1)N(C)c1ccc(C(=O)O)o1. The van der Waals surface area contributed by atoms with Crippen LogP contribution in [0.3, 0.4) is 0 Å². The number of hydrogen-bond donors (Lipinski definition) is 1. The summed E-state index contributed by atoms with van der Waals surface area (Å²) < 4.78 is 5.27. The summed E-state index contributed by atoms with van der Waals surface area (Å²) in [6.45, 7) is 2.01. The highest BCUT2D eigenvalue weighted by atomic mass is 35.5. The Bertz CT molecular complexity index is 577. The Labute approximate surface area is 116 Å². The van der Waals surface area contributed by atoms with Crippen LogP contribution in [0.5, 0.6) is 0 Å². The maximum Gasteiger partial charge on any atom is 0.371 e. The minimum absolute atomic E-state index is 0.0464. The molecule has 2 rings (SSSR count). The molecule has 0 radical (unpaired) electrons. The quantitative estimate of drug-likeness (QED) is 0.924. The number of benzene rings is 1. The molecule has 2 aromatic rings. The molecule has 1 unspecified atom stereocenters. The molecule has 0 aliphatic heterocycles. The van der Waals surface area contributed by atoms with Gasteiger partial charge in [0.2, 0.25) is 5.76 Å². The molecule has 0 saturated carbocycles. The number of aromatic carboxylic acids is 1. The van der Waals surface area contributed by atoms with Gasteiger partial charge in [-0.1, -0.05) is 23.7 Å². The molecule has 0 saturated heterocycles. The molecule has 1 N–H and O–H groups in total. The molecule has 5 heteroatoms. The van der Waals surface area contributed by atoms with Crippen LogP contribution in [0.25, 0.3) is 0 Å². The number of carboxylic acids is 1. The fourth-order valence-electron chi connectivity index (χ4n) is 1.79. The van der Waals surface area contributed by atoms with Crippen molar-refractivity contribution in [1.29, 1.82) is 0 Å². The Kier molecular flexibility index (Phi) is 3.81. The molecule has 4 nitrogen and oxygen atoms in total. The van der Waals surface area contributed by atoms with Gasteiger partial charge in [-0.3, -0.25) is 0 Å². The van der Waals surface area contributed by atoms with Gasteiger partial charge in [0, 0.05) is 18.1 Å². The maximum atomic E-state index is 10.8. The van der Waals surface area contributed by atoms with Crippen molar-refractivity contribution in [2.45, 2.75) is 13.0 Å². The molecule has 1 atom stereocenters. The van der Waals surface area contributed by atoms with Gasteiger partial charge in [-0.25, -0.2) is 4.79 Å². The van der Waals surface area contributed by atoms with E-state index in [1.54, 1.807) is 6.07 Å². The Balaban J connectivity index is 2.20. The third-order valence-corrected chi connectivity index (χ3v) is 3.34. The molecule has 100 valence electrons. The van der Waals surface area contributed by atoms with Gasteiger partial charge in [0.1, 0.15) is 0 Å². The van der Waals surface area contributed by atoms with E-state index in [9.17, 15) is 4.79 Å². The second-order valence-corrected chi connectivity index (χ2v) is 4.72. The van der Waals surface area contributed by atoms with Gasteiger partial charge >= 0.3 is 5.97 Å². The van der Waals surface area contributed by atoms with Gasteiger partial charge in [-0.2, -0.15) is 0 Å². The standard InChI is InChI=1S/C14H14ClNO3/c1-9(10-3-5-11(15)6-4-10)16(2)13-8-7-12(19-13)14(17)18/h3-9H,1-2H3,(H,17,18). The molecule has 0 spiro atoms. The number of rotatable bonds is 4. The number of nitrogens with zero attached hydrogens (tertiary/aromatic N) is 1. The van der Waals surface area contributed by atoms with E-state index < -0.39 is 5.97 Å². The minimum atomic E-state index is -1.07. The molecule has 0 amide bonds. The van der Waals surface area contributed by atoms with Crippen molar-refractivity contribution in [3.8, 4) is 0 Å². The van der Waals surface area contributed by atoms with Crippen molar-refractivity contribution < 1.29 is 14.3 Å². The largest absolute Gasteiger partial charge is 0.475 e. The Morgan fingerprint density at radius 2 is 1.89 bits per heavy atom. The van der Waals surface area contributed by atoms with Crippen LogP contribution in [0.15, 0.2) is 40.8 Å². The summed E-state index contributed by atoms with van der Waals surface area (Å²) in [4.78, 5) is 12.7. The molecule has 0 bridgehead atoms. The Hall–Kier alpha value is -1.94. The van der Waals surface area contributed by atoms with Gasteiger partial charge in [0.25, 0.3) is 0 Å². The molecule has 0 aliphatic rings. The van der Waals surface area contributed by atoms with E-state index in [-0.39, 0.29) is 11.8 Å². The summed E-state index contributed by atoms with van der Waals surface area (Å²) in [5.74, 6) is -0.621. The average molecular weight is 280 g/mol. The van der Waals surface area contributed by atoms with Crippen LogP contribution in [0.2, 0.25) is 5.02 Å². The van der Waals surface area contributed by atoms with Gasteiger partial charge in [0.15, 0.2) is 5.88 Å². The van der Waals surface area contributed by atoms with Crippen LogP contribution in [-0.4, -0.2) is 18.1 Å². The van der Waals surface area contributed by atoms with Crippen molar-refractivity contribution in [2.75, 3.05) is 11.9 Å². The van der Waals surface area contributed by atoms with Crippen molar-refractivity contribution in [1.82, 2.24) is 0 Å². The zero-order valence-electron chi connectivity index (χ0n) is 10.6. The minimum Gasteiger partial charge on any atom is -0.475 e. The Morgan fingerprint density at radius 1 is 1.26 bits per heavy atom. The van der Waals surface area contributed by atoms with Gasteiger partial charge in [-0.15, -0.1) is 0 Å². The number of hydrogen-bond acceptors (Lipinski definition) is 3. The van der Waals surface area contributed by atoms with E-state index in [2.05, 4.69) is 0 Å². The normalized spacial score (nSPS) is 12.2. The topological polar surface area (TPSA) is 53.7 Å². The second kappa shape index (κ2) is 5.36. The van der Waals surface area contributed by atoms with E-state index in [1.165, 1.54) is 6.07 Å². The first-order chi connectivity index (χ1) is 8.99. The predicted octanol–water partition coefficient (Wildman–Crippen LogP) is 3.83. The number of carboxylic acid groups (broad SMARTS) is 1. The van der Waals surface area contributed by atoms with Gasteiger partial charge < -0.3 is 14.4 Å². The monoisotopic (exact) mass is 279 g/mol. The van der Waals surface area contributed by atoms with E-state index in [4.69, 9.17) is 21.1 Å². The van der Waals surface area contributed by atoms with E-state index in [0.29, 0.717) is 10.9 Å². The molecule has 0 fully saturated rings. The van der Waals surface area contributed by atoms with Crippen molar-refractivity contribution in [3.63, 3.8) is 0 Å². The van der Waals surface area contributed by atoms with Crippen molar-refractivity contribution in [3.05, 3.63) is 52.7 Å². The molecule has 1 aromatic heterocycles. The molecule has 19 heavy (non-hydrogen) atoms. The Morgan fingerprint density at radius 3 is 2.42 bits per heavy atom. The highest BCUT2D eigenvalue weighted by Crippen LogP contribution is 2.27. The highest BCUT2D eigenvalue weighted by molar-refractivity contribution is 6.30. The van der Waals surface area contributed by atoms with E-state index in [0.717, 1.165) is 5.56 Å². The number of furan rings is 1. The zero-order valence-corrected chi connectivity index (χ0v) is 11.4. The summed E-state index contributed by atoms with van der Waals surface area (Å²) in [7, 11) is 1.85. The lowest BCUT2D eigenvalue weighted by atomic mass is 10.1. The number of anilines is 1. The fourth-order valence-corrected chi connectivity index (χ4v) is 1.91. The first kappa shape index (κ1) is 13.5. The first-order valence-electron chi connectivity index (χ1n) is 5.80. The zero-order chi connectivity index (χ0) is 14.0. The third kappa shape index (κ3) is 2.90. The van der Waals surface area contributed by atoms with Crippen LogP contribution in [0.1, 0.15) is 29.1 Å². The van der Waals surface area contributed by atoms with Crippen LogP contribution < -0.4 is 4.90 Å². The summed E-state index contributed by atoms with van der Waals surface area (Å²) in [5.41, 5.74) is 1.07. The van der Waals surface area contributed by atoms with Crippen molar-refractivity contribution in [2.24, 2.45) is 0 Å². The smallest absolute Gasteiger partial charge is 0.371 e. The predicted molar refractivity (Wildman–Crippen MR) is 73.9 cm³/mol. The van der Waals surface area contributed by atoms with Crippen LogP contribution in [0.4, 0.5) is 5.88 Å². The first-order valence-corrected chi connectivity index (χ1v) is 6.18. The molecular weight excluding hydrogens is 266 g/mol. The lowest BCUT2D eigenvalue weighted by molar-refractivity contribution is 0.0663. The van der Waals surface area contributed by atoms with Crippen LogP contribution >= 0.6 is 11.6 Å². The summed E-state index contributed by atoms with van der Waals surface area (Å²) in [6, 6.07) is 10.7. The maximum absolute atomic E-state index is 10.8. The lowest BCUT2D eigenvalue weighted by Crippen LogP contribution is -2.20. The fraction of sp³-hybridized carbons (Fsp3) is 0.214. The molecular formula is C14H14ClNO3. The highest BCUT2D eigenvalue weighted by Gasteiger charge is 2.17. The molecule has 1 aromatic carbocycles. The number of carbonyl (C=O) groups is 1. The lowest BCUT2D eigenvalue weighted by Gasteiger charge is -2.24. The molecule has 0 aliphatic carbocycles. The van der Waals surface area contributed by atoms with Crippen LogP contribution in [-0.2, 0) is 0 Å². The van der Waals surface area contributed by atoms with E-state index in [1.807, 2.05) is 43.1 Å². The summed E-state index contributed by atoms with van der Waals surface area (Å²) >= 11 is 5.85. The second-order valence-electron chi connectivity index (χ2n) is 4.28. The van der Waals surface area contributed by atoms with Gasteiger partial charge in [0.05, 0.1) is 6.04 Å². The van der Waals surface area contributed by atoms with Crippen LogP contribution in [0, 0.1) is 0 Å².